The molecule has 1 N–H and O–H groups in total. The smallest absolute Gasteiger partial charge is 0.247 e. The maximum absolute atomic E-state index is 13.2. The van der Waals surface area contributed by atoms with Gasteiger partial charge in [0, 0.05) is 37.8 Å². The second kappa shape index (κ2) is 8.33. The van der Waals surface area contributed by atoms with Gasteiger partial charge in [-0.05, 0) is 68.5 Å². The van der Waals surface area contributed by atoms with Crippen molar-refractivity contribution in [3.8, 4) is 0 Å². The third kappa shape index (κ3) is 3.93. The Balaban J connectivity index is 1.64. The number of amides is 2. The molecule has 0 unspecified atom stereocenters. The molecule has 2 amide bonds. The Bertz CT molecular complexity index is 1180. The molecule has 32 heavy (non-hydrogen) atoms. The number of sulfonamides is 1. The van der Waals surface area contributed by atoms with Crippen LogP contribution in [0.3, 0.4) is 0 Å². The van der Waals surface area contributed by atoms with Crippen LogP contribution in [0.5, 0.6) is 0 Å². The molecule has 2 aromatic carbocycles. The standard InChI is InChI=1S/C24H29N3O4S/c1-15-11-16(2)23(17(3)12-15)25-24(29)22-14-19-13-20(7-8-21(19)27(22)18(4)28)32(30,31)26-9-5-6-10-26/h7-8,11-13,22H,5-6,9-10,14H2,1-4H3,(H,25,29)/t22-/m1/s1. The number of anilines is 2. The topological polar surface area (TPSA) is 86.8 Å². The van der Waals surface area contributed by atoms with Crippen molar-refractivity contribution in [1.29, 1.82) is 0 Å². The van der Waals surface area contributed by atoms with Crippen molar-refractivity contribution in [2.24, 2.45) is 0 Å². The van der Waals surface area contributed by atoms with Gasteiger partial charge in [-0.2, -0.15) is 4.31 Å². The predicted octanol–water partition coefficient (Wildman–Crippen LogP) is 3.31. The van der Waals surface area contributed by atoms with E-state index >= 15 is 0 Å². The molecule has 1 saturated heterocycles. The molecule has 2 aliphatic heterocycles. The van der Waals surface area contributed by atoms with Gasteiger partial charge in [-0.15, -0.1) is 0 Å². The number of nitrogens with zero attached hydrogens (tertiary/aromatic N) is 2. The zero-order valence-corrected chi connectivity index (χ0v) is 19.8. The third-order valence-corrected chi connectivity index (χ3v) is 8.20. The molecule has 0 saturated carbocycles. The second-order valence-electron chi connectivity index (χ2n) is 8.77. The number of hydrogen-bond acceptors (Lipinski definition) is 4. The van der Waals surface area contributed by atoms with Gasteiger partial charge in [0.05, 0.1) is 4.90 Å². The van der Waals surface area contributed by atoms with Crippen LogP contribution in [-0.2, 0) is 26.0 Å². The highest BCUT2D eigenvalue weighted by atomic mass is 32.2. The monoisotopic (exact) mass is 455 g/mol. The summed E-state index contributed by atoms with van der Waals surface area (Å²) in [6, 6.07) is 8.09. The number of fused-ring (bicyclic) bond motifs is 1. The lowest BCUT2D eigenvalue weighted by Gasteiger charge is -2.24. The number of hydrogen-bond donors (Lipinski definition) is 1. The van der Waals surface area contributed by atoms with Crippen molar-refractivity contribution in [3.63, 3.8) is 0 Å². The first-order valence-electron chi connectivity index (χ1n) is 10.9. The van der Waals surface area contributed by atoms with Crippen molar-refractivity contribution in [2.75, 3.05) is 23.3 Å². The first-order chi connectivity index (χ1) is 15.1. The van der Waals surface area contributed by atoms with Crippen molar-refractivity contribution < 1.29 is 18.0 Å². The molecule has 0 spiro atoms. The van der Waals surface area contributed by atoms with Crippen LogP contribution in [-0.4, -0.2) is 43.7 Å². The molecule has 0 radical (unpaired) electrons. The molecule has 2 aromatic rings. The van der Waals surface area contributed by atoms with Gasteiger partial charge in [-0.1, -0.05) is 17.7 Å². The lowest BCUT2D eigenvalue weighted by atomic mass is 10.0. The first-order valence-corrected chi connectivity index (χ1v) is 12.3. The summed E-state index contributed by atoms with van der Waals surface area (Å²) in [5.41, 5.74) is 5.06. The number of aryl methyl sites for hydroxylation is 3. The van der Waals surface area contributed by atoms with E-state index in [0.717, 1.165) is 35.2 Å². The third-order valence-electron chi connectivity index (χ3n) is 6.31. The van der Waals surface area contributed by atoms with Crippen LogP contribution >= 0.6 is 0 Å². The minimum atomic E-state index is -3.57. The van der Waals surface area contributed by atoms with Crippen LogP contribution in [0.15, 0.2) is 35.2 Å². The first kappa shape index (κ1) is 22.5. The van der Waals surface area contributed by atoms with Gasteiger partial charge >= 0.3 is 0 Å². The Labute approximate surface area is 189 Å². The Morgan fingerprint density at radius 3 is 2.22 bits per heavy atom. The number of nitrogens with one attached hydrogen (secondary N) is 1. The van der Waals surface area contributed by atoms with Gasteiger partial charge in [0.15, 0.2) is 0 Å². The van der Waals surface area contributed by atoms with E-state index in [2.05, 4.69) is 5.32 Å². The van der Waals surface area contributed by atoms with E-state index in [1.807, 2.05) is 32.9 Å². The van der Waals surface area contributed by atoms with E-state index in [1.165, 1.54) is 22.2 Å². The Kier molecular flexibility index (Phi) is 5.85. The van der Waals surface area contributed by atoms with E-state index < -0.39 is 16.1 Å². The van der Waals surface area contributed by atoms with Crippen LogP contribution in [0.4, 0.5) is 11.4 Å². The fourth-order valence-corrected chi connectivity index (χ4v) is 6.42. The molecule has 2 aliphatic rings. The van der Waals surface area contributed by atoms with Crippen molar-refractivity contribution in [2.45, 2.75) is 57.9 Å². The van der Waals surface area contributed by atoms with Crippen LogP contribution in [0, 0.1) is 20.8 Å². The molecule has 1 fully saturated rings. The second-order valence-corrected chi connectivity index (χ2v) is 10.7. The Morgan fingerprint density at radius 1 is 1.00 bits per heavy atom. The van der Waals surface area contributed by atoms with Crippen molar-refractivity contribution in [1.82, 2.24) is 4.31 Å². The van der Waals surface area contributed by atoms with Crippen molar-refractivity contribution in [3.05, 3.63) is 52.6 Å². The summed E-state index contributed by atoms with van der Waals surface area (Å²) >= 11 is 0. The molecular weight excluding hydrogens is 426 g/mol. The predicted molar refractivity (Wildman–Crippen MR) is 124 cm³/mol. The number of rotatable bonds is 4. The van der Waals surface area contributed by atoms with Crippen LogP contribution < -0.4 is 10.2 Å². The highest BCUT2D eigenvalue weighted by Crippen LogP contribution is 2.36. The van der Waals surface area contributed by atoms with Gasteiger partial charge in [-0.3, -0.25) is 14.5 Å². The zero-order chi connectivity index (χ0) is 23.2. The van der Waals surface area contributed by atoms with E-state index in [4.69, 9.17) is 0 Å². The molecule has 2 heterocycles. The molecule has 170 valence electrons. The van der Waals surface area contributed by atoms with Gasteiger partial charge in [0.25, 0.3) is 0 Å². The molecule has 1 atom stereocenters. The van der Waals surface area contributed by atoms with E-state index in [9.17, 15) is 18.0 Å². The normalized spacial score (nSPS) is 18.6. The van der Waals surface area contributed by atoms with Gasteiger partial charge in [0.2, 0.25) is 21.8 Å². The lowest BCUT2D eigenvalue weighted by molar-refractivity contribution is -0.122. The fourth-order valence-electron chi connectivity index (χ4n) is 4.85. The molecule has 0 bridgehead atoms. The number of benzene rings is 2. The largest absolute Gasteiger partial charge is 0.324 e. The van der Waals surface area contributed by atoms with Crippen LogP contribution in [0.1, 0.15) is 42.0 Å². The fraction of sp³-hybridized carbons (Fsp3) is 0.417. The van der Waals surface area contributed by atoms with Gasteiger partial charge < -0.3 is 5.32 Å². The minimum Gasteiger partial charge on any atom is -0.324 e. The average molecular weight is 456 g/mol. The van der Waals surface area contributed by atoms with E-state index in [-0.39, 0.29) is 23.1 Å². The van der Waals surface area contributed by atoms with Crippen LogP contribution in [0.25, 0.3) is 0 Å². The molecule has 7 nitrogen and oxygen atoms in total. The number of carbonyl (C=O) groups is 2. The van der Waals surface area contributed by atoms with E-state index in [0.29, 0.717) is 24.3 Å². The summed E-state index contributed by atoms with van der Waals surface area (Å²) < 4.78 is 27.4. The zero-order valence-electron chi connectivity index (χ0n) is 18.9. The van der Waals surface area contributed by atoms with Crippen molar-refractivity contribution >= 4 is 33.2 Å². The summed E-state index contributed by atoms with van der Waals surface area (Å²) in [6.45, 7) is 8.37. The molecular formula is C24H29N3O4S. The summed E-state index contributed by atoms with van der Waals surface area (Å²) in [5, 5.41) is 3.00. The Morgan fingerprint density at radius 2 is 1.62 bits per heavy atom. The maximum Gasteiger partial charge on any atom is 0.247 e. The van der Waals surface area contributed by atoms with Gasteiger partial charge in [-0.25, -0.2) is 8.42 Å². The summed E-state index contributed by atoms with van der Waals surface area (Å²) in [5.74, 6) is -0.535. The van der Waals surface area contributed by atoms with E-state index in [1.54, 1.807) is 12.1 Å². The lowest BCUT2D eigenvalue weighted by Crippen LogP contribution is -2.44. The molecule has 8 heteroatoms. The SMILES string of the molecule is CC(=O)N1c2ccc(S(=O)(=O)N3CCCC3)cc2C[C@@H]1C(=O)Nc1c(C)cc(C)cc1C. The molecule has 4 rings (SSSR count). The molecule has 0 aliphatic carbocycles. The van der Waals surface area contributed by atoms with Gasteiger partial charge in [0.1, 0.15) is 6.04 Å². The summed E-state index contributed by atoms with van der Waals surface area (Å²) in [7, 11) is -3.57. The Hall–Kier alpha value is -2.71. The minimum absolute atomic E-state index is 0.216. The summed E-state index contributed by atoms with van der Waals surface area (Å²) in [6.07, 6.45) is 2.00. The maximum atomic E-state index is 13.2. The summed E-state index contributed by atoms with van der Waals surface area (Å²) in [4.78, 5) is 27.4. The molecule has 0 aromatic heterocycles. The quantitative estimate of drug-likeness (QED) is 0.766. The highest BCUT2D eigenvalue weighted by molar-refractivity contribution is 7.89. The van der Waals surface area contributed by atoms with Crippen LogP contribution in [0.2, 0.25) is 0 Å². The average Bonchev–Trinajstić information content (AvgIpc) is 3.38. The number of carbonyl (C=O) groups excluding carboxylic acids is 2. The highest BCUT2D eigenvalue weighted by Gasteiger charge is 2.38.